The van der Waals surface area contributed by atoms with Gasteiger partial charge in [0.25, 0.3) is 0 Å². The third kappa shape index (κ3) is 2.61. The molecule has 0 amide bonds. The summed E-state index contributed by atoms with van der Waals surface area (Å²) in [5, 5.41) is 8.14. The van der Waals surface area contributed by atoms with Gasteiger partial charge in [0.15, 0.2) is 6.07 Å². The molecular weight excluding hydrogens is 207 g/mol. The van der Waals surface area contributed by atoms with E-state index < -0.39 is 11.7 Å². The highest BCUT2D eigenvalue weighted by molar-refractivity contribution is 5.53. The minimum atomic E-state index is -4.50. The molecule has 1 aromatic rings. The van der Waals surface area contributed by atoms with E-state index in [0.29, 0.717) is 6.20 Å². The predicted molar refractivity (Wildman–Crippen MR) is 46.1 cm³/mol. The van der Waals surface area contributed by atoms with Crippen LogP contribution in [0.5, 0.6) is 0 Å². The first-order valence-corrected chi connectivity index (χ1v) is 3.68. The average molecular weight is 211 g/mol. The summed E-state index contributed by atoms with van der Waals surface area (Å²) in [6.07, 6.45) is -3.88. The molecule has 0 aromatic carbocycles. The number of pyridine rings is 1. The van der Waals surface area contributed by atoms with Gasteiger partial charge in [0.1, 0.15) is 5.82 Å². The van der Waals surface area contributed by atoms with Crippen LogP contribution in [0.25, 0.3) is 0 Å². The van der Waals surface area contributed by atoms with Crippen molar-refractivity contribution in [2.45, 2.75) is 6.18 Å². The van der Waals surface area contributed by atoms with Gasteiger partial charge in [0.2, 0.25) is 0 Å². The second kappa shape index (κ2) is 3.89. The van der Waals surface area contributed by atoms with Crippen molar-refractivity contribution < 1.29 is 13.2 Å². The first-order chi connectivity index (χ1) is 6.95. The molecule has 0 fully saturated rings. The molecule has 0 bridgehead atoms. The summed E-state index contributed by atoms with van der Waals surface area (Å²) < 4.78 is 36.7. The monoisotopic (exact) mass is 211 g/mol. The highest BCUT2D eigenvalue weighted by Gasteiger charge is 2.31. The normalized spacial score (nSPS) is 10.0. The Bertz CT molecular complexity index is 474. The predicted octanol–water partition coefficient (Wildman–Crippen LogP) is 1.56. The Morgan fingerprint density at radius 1 is 1.40 bits per heavy atom. The number of halogens is 3. The number of rotatable bonds is 0. The molecular formula is C9H4F3N3. The lowest BCUT2D eigenvalue weighted by Crippen LogP contribution is -2.07. The van der Waals surface area contributed by atoms with Crippen molar-refractivity contribution in [2.24, 2.45) is 0 Å². The zero-order valence-corrected chi connectivity index (χ0v) is 7.26. The number of nitrogens with zero attached hydrogens (tertiary/aromatic N) is 2. The molecule has 0 spiro atoms. The average Bonchev–Trinajstić information content (AvgIpc) is 2.15. The number of nitrogen functional groups attached to an aromatic ring is 1. The van der Waals surface area contributed by atoms with Gasteiger partial charge in [-0.1, -0.05) is 0 Å². The molecule has 1 aromatic heterocycles. The van der Waals surface area contributed by atoms with Crippen molar-refractivity contribution >= 4 is 5.82 Å². The van der Waals surface area contributed by atoms with Gasteiger partial charge in [0.05, 0.1) is 11.1 Å². The molecule has 1 rings (SSSR count). The summed E-state index contributed by atoms with van der Waals surface area (Å²) in [7, 11) is 0. The molecule has 0 aliphatic carbocycles. The zero-order chi connectivity index (χ0) is 11.5. The smallest absolute Gasteiger partial charge is 0.383 e. The van der Waals surface area contributed by atoms with E-state index in [-0.39, 0.29) is 11.4 Å². The zero-order valence-electron chi connectivity index (χ0n) is 7.26. The van der Waals surface area contributed by atoms with Crippen molar-refractivity contribution in [3.05, 3.63) is 23.4 Å². The molecule has 0 saturated carbocycles. The summed E-state index contributed by atoms with van der Waals surface area (Å²) >= 11 is 0. The Kier molecular flexibility index (Phi) is 2.82. The number of anilines is 1. The van der Waals surface area contributed by atoms with Crippen LogP contribution in [0, 0.1) is 23.2 Å². The van der Waals surface area contributed by atoms with E-state index >= 15 is 0 Å². The molecule has 3 nitrogen and oxygen atoms in total. The van der Waals surface area contributed by atoms with Gasteiger partial charge >= 0.3 is 6.18 Å². The Hall–Kier alpha value is -2.21. The van der Waals surface area contributed by atoms with E-state index in [1.165, 1.54) is 6.07 Å². The highest BCUT2D eigenvalue weighted by atomic mass is 19.4. The fourth-order valence-corrected chi connectivity index (χ4v) is 0.826. The van der Waals surface area contributed by atoms with Gasteiger partial charge in [-0.25, -0.2) is 4.98 Å². The van der Waals surface area contributed by atoms with Gasteiger partial charge in [-0.2, -0.15) is 18.4 Å². The summed E-state index contributed by atoms with van der Waals surface area (Å²) in [5.41, 5.74) is 4.23. The maximum Gasteiger partial charge on any atom is 0.417 e. The van der Waals surface area contributed by atoms with Crippen LogP contribution in [0.1, 0.15) is 11.1 Å². The fourth-order valence-electron chi connectivity index (χ4n) is 0.826. The Morgan fingerprint density at radius 2 is 2.07 bits per heavy atom. The largest absolute Gasteiger partial charge is 0.417 e. The Labute approximate surface area is 83.3 Å². The minimum Gasteiger partial charge on any atom is -0.383 e. The van der Waals surface area contributed by atoms with Gasteiger partial charge in [0, 0.05) is 12.1 Å². The van der Waals surface area contributed by atoms with Crippen LogP contribution in [-0.2, 0) is 6.18 Å². The van der Waals surface area contributed by atoms with E-state index in [1.807, 2.05) is 5.92 Å². The van der Waals surface area contributed by atoms with Crippen molar-refractivity contribution in [2.75, 3.05) is 5.73 Å². The lowest BCUT2D eigenvalue weighted by Gasteiger charge is -2.06. The molecule has 0 unspecified atom stereocenters. The van der Waals surface area contributed by atoms with Crippen molar-refractivity contribution in [1.82, 2.24) is 4.98 Å². The van der Waals surface area contributed by atoms with Crippen LogP contribution in [0.4, 0.5) is 19.0 Å². The maximum atomic E-state index is 12.2. The van der Waals surface area contributed by atoms with Crippen LogP contribution in [0.3, 0.4) is 0 Å². The van der Waals surface area contributed by atoms with Gasteiger partial charge in [-0.05, 0) is 12.0 Å². The number of aromatic nitrogens is 1. The molecule has 15 heavy (non-hydrogen) atoms. The van der Waals surface area contributed by atoms with Crippen LogP contribution >= 0.6 is 0 Å². The number of hydrogen-bond donors (Lipinski definition) is 1. The number of nitrogens with two attached hydrogens (primary N) is 1. The molecule has 6 heteroatoms. The van der Waals surface area contributed by atoms with Gasteiger partial charge in [-0.3, -0.25) is 0 Å². The van der Waals surface area contributed by atoms with Crippen LogP contribution in [0.15, 0.2) is 12.3 Å². The quantitative estimate of drug-likeness (QED) is 0.662. The van der Waals surface area contributed by atoms with Crippen molar-refractivity contribution in [3.8, 4) is 17.9 Å². The molecule has 0 aliphatic rings. The van der Waals surface area contributed by atoms with E-state index in [1.54, 1.807) is 0 Å². The molecule has 0 aliphatic heterocycles. The molecule has 0 saturated heterocycles. The van der Waals surface area contributed by atoms with E-state index in [2.05, 4.69) is 10.9 Å². The third-order valence-electron chi connectivity index (χ3n) is 1.50. The topological polar surface area (TPSA) is 62.7 Å². The number of hydrogen-bond acceptors (Lipinski definition) is 3. The summed E-state index contributed by atoms with van der Waals surface area (Å²) in [4.78, 5) is 3.34. The second-order valence-electron chi connectivity index (χ2n) is 2.52. The molecule has 1 heterocycles. The highest BCUT2D eigenvalue weighted by Crippen LogP contribution is 2.29. The van der Waals surface area contributed by atoms with E-state index in [0.717, 1.165) is 6.07 Å². The van der Waals surface area contributed by atoms with Crippen LogP contribution in [0.2, 0.25) is 0 Å². The van der Waals surface area contributed by atoms with Crippen molar-refractivity contribution in [1.29, 1.82) is 5.26 Å². The van der Waals surface area contributed by atoms with E-state index in [9.17, 15) is 13.2 Å². The van der Waals surface area contributed by atoms with Crippen LogP contribution in [-0.4, -0.2) is 4.98 Å². The SMILES string of the molecule is N#CC#Cc1cc(C(F)(F)F)cnc1N. The summed E-state index contributed by atoms with van der Waals surface area (Å²) in [5.74, 6) is 4.00. The lowest BCUT2D eigenvalue weighted by molar-refractivity contribution is -0.137. The number of alkyl halides is 3. The standard InChI is InChI=1S/C9H4F3N3/c10-9(11,12)7-4-6(2-1-3-13)8(14)15-5-7/h4-5H,(H2,14,15). The van der Waals surface area contributed by atoms with Gasteiger partial charge < -0.3 is 5.73 Å². The third-order valence-corrected chi connectivity index (χ3v) is 1.50. The van der Waals surface area contributed by atoms with Gasteiger partial charge in [-0.15, -0.1) is 0 Å². The maximum absolute atomic E-state index is 12.2. The second-order valence-corrected chi connectivity index (χ2v) is 2.52. The number of nitriles is 1. The first-order valence-electron chi connectivity index (χ1n) is 3.68. The minimum absolute atomic E-state index is 0.105. The van der Waals surface area contributed by atoms with Crippen LogP contribution < -0.4 is 5.73 Å². The molecule has 0 atom stereocenters. The summed E-state index contributed by atoms with van der Waals surface area (Å²) in [6, 6.07) is 2.23. The lowest BCUT2D eigenvalue weighted by atomic mass is 10.2. The fraction of sp³-hybridized carbons (Fsp3) is 0.111. The molecule has 0 radical (unpaired) electrons. The Balaban J connectivity index is 3.24. The Morgan fingerprint density at radius 3 is 2.60 bits per heavy atom. The van der Waals surface area contributed by atoms with E-state index in [4.69, 9.17) is 11.0 Å². The molecule has 2 N–H and O–H groups in total. The van der Waals surface area contributed by atoms with Crippen molar-refractivity contribution in [3.63, 3.8) is 0 Å². The first kappa shape index (κ1) is 10.9. The summed E-state index contributed by atoms with van der Waals surface area (Å²) in [6.45, 7) is 0. The molecule has 76 valence electrons.